The van der Waals surface area contributed by atoms with E-state index in [1.807, 2.05) is 57.2 Å². The second-order valence-electron chi connectivity index (χ2n) is 7.47. The molecule has 0 saturated heterocycles. The van der Waals surface area contributed by atoms with E-state index in [0.717, 1.165) is 31.7 Å². The molecule has 2 aromatic carbocycles. The molecule has 1 atom stereocenters. The number of benzene rings is 2. The molecule has 0 aliphatic heterocycles. The van der Waals surface area contributed by atoms with Crippen LogP contribution in [0.5, 0.6) is 0 Å². The van der Waals surface area contributed by atoms with Crippen molar-refractivity contribution < 1.29 is 13.2 Å². The Bertz CT molecular complexity index is 954. The van der Waals surface area contributed by atoms with Gasteiger partial charge in [0, 0.05) is 14.1 Å². The number of amides is 1. The van der Waals surface area contributed by atoms with Gasteiger partial charge in [-0.05, 0) is 55.5 Å². The number of hydrogen-bond acceptors (Lipinski definition) is 3. The summed E-state index contributed by atoms with van der Waals surface area (Å²) in [4.78, 5) is 12.8. The van der Waals surface area contributed by atoms with E-state index >= 15 is 0 Å². The van der Waals surface area contributed by atoms with Crippen molar-refractivity contribution in [1.29, 1.82) is 0 Å². The third-order valence-electron chi connectivity index (χ3n) is 4.93. The number of carbonyl (C=O) groups excluding carboxylic acids is 1. The minimum Gasteiger partial charge on any atom is -0.348 e. The highest BCUT2D eigenvalue weighted by Gasteiger charge is 2.29. The molecule has 29 heavy (non-hydrogen) atoms. The normalized spacial score (nSPS) is 12.7. The number of aryl methyl sites for hydroxylation is 3. The number of carbonyl (C=O) groups is 1. The van der Waals surface area contributed by atoms with Gasteiger partial charge in [0.2, 0.25) is 5.91 Å². The summed E-state index contributed by atoms with van der Waals surface area (Å²) in [5.74, 6) is -0.358. The topological polar surface area (TPSA) is 69.7 Å². The van der Waals surface area contributed by atoms with Gasteiger partial charge in [-0.15, -0.1) is 0 Å². The van der Waals surface area contributed by atoms with Gasteiger partial charge in [0.25, 0.3) is 0 Å². The van der Waals surface area contributed by atoms with E-state index < -0.39 is 10.2 Å². The van der Waals surface area contributed by atoms with Gasteiger partial charge in [0.05, 0.1) is 11.7 Å². The fourth-order valence-electron chi connectivity index (χ4n) is 3.02. The third kappa shape index (κ3) is 5.58. The van der Waals surface area contributed by atoms with Crippen LogP contribution in [0.15, 0.2) is 42.5 Å². The minimum atomic E-state index is -3.83. The van der Waals surface area contributed by atoms with Crippen LogP contribution in [0.25, 0.3) is 0 Å². The maximum absolute atomic E-state index is 12.9. The van der Waals surface area contributed by atoms with Gasteiger partial charge in [0.1, 0.15) is 6.54 Å². The Balaban J connectivity index is 2.26. The van der Waals surface area contributed by atoms with Gasteiger partial charge in [-0.1, -0.05) is 43.3 Å². The molecule has 0 fully saturated rings. The van der Waals surface area contributed by atoms with Crippen LogP contribution in [0, 0.1) is 13.8 Å². The number of hydrogen-bond donors (Lipinski definition) is 1. The molecular weight excluding hydrogens is 386 g/mol. The molecule has 1 amide bonds. The maximum atomic E-state index is 12.9. The molecule has 0 aliphatic rings. The molecule has 0 heterocycles. The van der Waals surface area contributed by atoms with Gasteiger partial charge >= 0.3 is 10.2 Å². The molecule has 2 aromatic rings. The zero-order valence-electron chi connectivity index (χ0n) is 18.1. The molecule has 0 spiro atoms. The van der Waals surface area contributed by atoms with Crippen molar-refractivity contribution in [3.05, 3.63) is 64.7 Å². The molecule has 6 nitrogen and oxygen atoms in total. The number of nitrogens with zero attached hydrogens (tertiary/aromatic N) is 2. The Morgan fingerprint density at radius 1 is 1.07 bits per heavy atom. The van der Waals surface area contributed by atoms with Gasteiger partial charge in [-0.25, -0.2) is 4.31 Å². The first-order valence-electron chi connectivity index (χ1n) is 9.72. The highest BCUT2D eigenvalue weighted by atomic mass is 32.2. The summed E-state index contributed by atoms with van der Waals surface area (Å²) >= 11 is 0. The lowest BCUT2D eigenvalue weighted by molar-refractivity contribution is -0.120. The molecule has 7 heteroatoms. The monoisotopic (exact) mass is 417 g/mol. The van der Waals surface area contributed by atoms with Crippen LogP contribution in [0.2, 0.25) is 0 Å². The Labute approximate surface area is 174 Å². The average molecular weight is 418 g/mol. The van der Waals surface area contributed by atoms with Crippen molar-refractivity contribution in [1.82, 2.24) is 9.62 Å². The van der Waals surface area contributed by atoms with Gasteiger partial charge in [0.15, 0.2) is 0 Å². The van der Waals surface area contributed by atoms with Crippen LogP contribution < -0.4 is 9.62 Å². The highest BCUT2D eigenvalue weighted by molar-refractivity contribution is 7.90. The zero-order valence-corrected chi connectivity index (χ0v) is 18.9. The lowest BCUT2D eigenvalue weighted by atomic mass is 10.1. The van der Waals surface area contributed by atoms with Crippen LogP contribution in [0.4, 0.5) is 5.69 Å². The van der Waals surface area contributed by atoms with E-state index in [9.17, 15) is 13.2 Å². The summed E-state index contributed by atoms with van der Waals surface area (Å²) in [6.07, 6.45) is 0.953. The smallest absolute Gasteiger partial charge is 0.304 e. The summed E-state index contributed by atoms with van der Waals surface area (Å²) in [5.41, 5.74) is 4.43. The minimum absolute atomic E-state index is 0.226. The lowest BCUT2D eigenvalue weighted by Gasteiger charge is -2.29. The van der Waals surface area contributed by atoms with Crippen LogP contribution in [-0.2, 0) is 21.4 Å². The summed E-state index contributed by atoms with van der Waals surface area (Å²) in [5, 5.41) is 2.92. The maximum Gasteiger partial charge on any atom is 0.304 e. The molecule has 0 aromatic heterocycles. The van der Waals surface area contributed by atoms with Gasteiger partial charge < -0.3 is 5.32 Å². The fraction of sp³-hybridized carbons (Fsp3) is 0.409. The third-order valence-corrected chi connectivity index (χ3v) is 6.73. The van der Waals surface area contributed by atoms with Crippen molar-refractivity contribution in [2.75, 3.05) is 24.9 Å². The molecule has 0 bridgehead atoms. The molecular formula is C22H31N3O3S. The highest BCUT2D eigenvalue weighted by Crippen LogP contribution is 2.25. The van der Waals surface area contributed by atoms with Gasteiger partial charge in [-0.2, -0.15) is 12.7 Å². The van der Waals surface area contributed by atoms with E-state index in [-0.39, 0.29) is 18.5 Å². The SMILES string of the molecule is CCc1ccc(C(C)NC(=O)CN(c2cc(C)ccc2C)S(=O)(=O)N(C)C)cc1. The van der Waals surface area contributed by atoms with Crippen LogP contribution >= 0.6 is 0 Å². The summed E-state index contributed by atoms with van der Waals surface area (Å²) in [7, 11) is -0.907. The van der Waals surface area contributed by atoms with Crippen LogP contribution in [-0.4, -0.2) is 39.3 Å². The van der Waals surface area contributed by atoms with E-state index in [4.69, 9.17) is 0 Å². The number of nitrogens with one attached hydrogen (secondary N) is 1. The second kappa shape index (κ2) is 9.41. The first kappa shape index (κ1) is 22.9. The first-order valence-corrected chi connectivity index (χ1v) is 11.1. The number of anilines is 1. The first-order chi connectivity index (χ1) is 13.6. The number of rotatable bonds is 8. The van der Waals surface area contributed by atoms with Crippen LogP contribution in [0.3, 0.4) is 0 Å². The quantitative estimate of drug-likeness (QED) is 0.716. The second-order valence-corrected chi connectivity index (χ2v) is 9.54. The van der Waals surface area contributed by atoms with E-state index in [0.29, 0.717) is 5.69 Å². The van der Waals surface area contributed by atoms with Crippen molar-refractivity contribution in [3.8, 4) is 0 Å². The van der Waals surface area contributed by atoms with Crippen molar-refractivity contribution >= 4 is 21.8 Å². The van der Waals surface area contributed by atoms with Gasteiger partial charge in [-0.3, -0.25) is 4.79 Å². The molecule has 1 N–H and O–H groups in total. The molecule has 0 saturated carbocycles. The van der Waals surface area contributed by atoms with Crippen molar-refractivity contribution in [2.45, 2.75) is 40.2 Å². The van der Waals surface area contributed by atoms with Crippen LogP contribution in [0.1, 0.15) is 42.1 Å². The largest absolute Gasteiger partial charge is 0.348 e. The lowest BCUT2D eigenvalue weighted by Crippen LogP contribution is -2.46. The van der Waals surface area contributed by atoms with E-state index in [2.05, 4.69) is 12.2 Å². The van der Waals surface area contributed by atoms with Crippen molar-refractivity contribution in [3.63, 3.8) is 0 Å². The molecule has 2 rings (SSSR count). The summed E-state index contributed by atoms with van der Waals surface area (Å²) in [6, 6.07) is 13.4. The predicted molar refractivity (Wildman–Crippen MR) is 118 cm³/mol. The molecule has 0 radical (unpaired) electrons. The van der Waals surface area contributed by atoms with E-state index in [1.54, 1.807) is 6.07 Å². The zero-order chi connectivity index (χ0) is 21.8. The molecule has 158 valence electrons. The fourth-order valence-corrected chi connectivity index (χ4v) is 4.14. The summed E-state index contributed by atoms with van der Waals surface area (Å²) in [6.45, 7) is 7.42. The Hall–Kier alpha value is -2.38. The summed E-state index contributed by atoms with van der Waals surface area (Å²) < 4.78 is 28.1. The standard InChI is InChI=1S/C22H31N3O3S/c1-7-19-10-12-20(13-11-19)18(4)23-22(26)15-25(29(27,28)24(5)6)21-14-16(2)8-9-17(21)3/h8-14,18H,7,15H2,1-6H3,(H,23,26). The Kier molecular flexibility index (Phi) is 7.43. The average Bonchev–Trinajstić information content (AvgIpc) is 2.68. The Morgan fingerprint density at radius 3 is 2.24 bits per heavy atom. The van der Waals surface area contributed by atoms with Crippen molar-refractivity contribution in [2.24, 2.45) is 0 Å². The molecule has 1 unspecified atom stereocenters. The predicted octanol–water partition coefficient (Wildman–Crippen LogP) is 3.36. The molecule has 0 aliphatic carbocycles. The Morgan fingerprint density at radius 2 is 1.69 bits per heavy atom. The van der Waals surface area contributed by atoms with E-state index in [1.165, 1.54) is 19.7 Å².